The van der Waals surface area contributed by atoms with Crippen LogP contribution in [-0.4, -0.2) is 44.2 Å². The first-order chi connectivity index (χ1) is 10.5. The second-order valence-electron chi connectivity index (χ2n) is 6.40. The number of nitrogens with one attached hydrogen (secondary N) is 1. The molecule has 0 radical (unpaired) electrons. The molecule has 1 heterocycles. The molecule has 4 nitrogen and oxygen atoms in total. The number of nitrogens with zero attached hydrogens (tertiary/aromatic N) is 1. The van der Waals surface area contributed by atoms with Crippen LogP contribution in [0.3, 0.4) is 0 Å². The summed E-state index contributed by atoms with van der Waals surface area (Å²) in [4.78, 5) is 13.8. The van der Waals surface area contributed by atoms with Crippen molar-refractivity contribution < 1.29 is 9.53 Å². The first-order valence-corrected chi connectivity index (χ1v) is 8.54. The molecule has 1 aromatic rings. The van der Waals surface area contributed by atoms with Gasteiger partial charge in [0.05, 0.1) is 13.5 Å². The molecule has 1 aliphatic heterocycles. The first-order valence-electron chi connectivity index (χ1n) is 7.75. The highest BCUT2D eigenvalue weighted by molar-refractivity contribution is 9.10. The third-order valence-corrected chi connectivity index (χ3v) is 4.71. The zero-order valence-corrected chi connectivity index (χ0v) is 15.0. The molecule has 0 bridgehead atoms. The molecule has 1 aromatic carbocycles. The lowest BCUT2D eigenvalue weighted by atomic mass is 9.89. The topological polar surface area (TPSA) is 41.6 Å². The van der Waals surface area contributed by atoms with Crippen LogP contribution in [0.25, 0.3) is 0 Å². The lowest BCUT2D eigenvalue weighted by molar-refractivity contribution is -0.141. The van der Waals surface area contributed by atoms with E-state index in [2.05, 4.69) is 51.3 Å². The molecule has 1 aliphatic rings. The van der Waals surface area contributed by atoms with Crippen LogP contribution in [0.1, 0.15) is 25.3 Å². The Bertz CT molecular complexity index is 501. The van der Waals surface area contributed by atoms with Crippen molar-refractivity contribution in [1.82, 2.24) is 10.2 Å². The van der Waals surface area contributed by atoms with Crippen LogP contribution >= 0.6 is 15.9 Å². The highest BCUT2D eigenvalue weighted by atomic mass is 79.9. The van der Waals surface area contributed by atoms with E-state index < -0.39 is 0 Å². The normalized spacial score (nSPS) is 21.3. The van der Waals surface area contributed by atoms with Crippen LogP contribution < -0.4 is 5.32 Å². The predicted molar refractivity (Wildman–Crippen MR) is 91.6 cm³/mol. The molecule has 22 heavy (non-hydrogen) atoms. The number of methoxy groups -OCH3 is 1. The number of ether oxygens (including phenoxy) is 1. The summed E-state index contributed by atoms with van der Waals surface area (Å²) in [5, 5.41) is 3.44. The number of esters is 1. The summed E-state index contributed by atoms with van der Waals surface area (Å²) >= 11 is 3.52. The molecule has 2 rings (SSSR count). The predicted octanol–water partition coefficient (Wildman–Crippen LogP) is 2.81. The van der Waals surface area contributed by atoms with Crippen molar-refractivity contribution in [2.45, 2.75) is 26.3 Å². The molecule has 122 valence electrons. The summed E-state index contributed by atoms with van der Waals surface area (Å²) in [5.41, 5.74) is 1.54. The third-order valence-electron chi connectivity index (χ3n) is 4.22. The molecular formula is C17H25BrN2O2. The average molecular weight is 369 g/mol. The molecule has 1 fully saturated rings. The lowest BCUT2D eigenvalue weighted by Gasteiger charge is -2.32. The zero-order chi connectivity index (χ0) is 16.0. The second kappa shape index (κ2) is 8.09. The van der Waals surface area contributed by atoms with Crippen molar-refractivity contribution >= 4 is 21.9 Å². The summed E-state index contributed by atoms with van der Waals surface area (Å²) in [6, 6.07) is 8.35. The van der Waals surface area contributed by atoms with Gasteiger partial charge in [0.1, 0.15) is 0 Å². The quantitative estimate of drug-likeness (QED) is 0.751. The molecule has 0 saturated carbocycles. The summed E-state index contributed by atoms with van der Waals surface area (Å²) in [7, 11) is 1.45. The summed E-state index contributed by atoms with van der Waals surface area (Å²) in [6.45, 7) is 7.02. The Kier molecular flexibility index (Phi) is 6.41. The van der Waals surface area contributed by atoms with E-state index in [9.17, 15) is 4.79 Å². The fourth-order valence-corrected chi connectivity index (χ4v) is 3.45. The zero-order valence-electron chi connectivity index (χ0n) is 13.4. The molecule has 0 aliphatic carbocycles. The number of halogens is 1. The van der Waals surface area contributed by atoms with E-state index >= 15 is 0 Å². The van der Waals surface area contributed by atoms with Crippen LogP contribution in [0.5, 0.6) is 0 Å². The largest absolute Gasteiger partial charge is 0.469 e. The van der Waals surface area contributed by atoms with Crippen LogP contribution in [-0.2, 0) is 16.1 Å². The molecule has 1 unspecified atom stereocenters. The average Bonchev–Trinajstić information content (AvgIpc) is 2.91. The number of hydrogen-bond acceptors (Lipinski definition) is 4. The minimum absolute atomic E-state index is 0.144. The monoisotopic (exact) mass is 368 g/mol. The smallest absolute Gasteiger partial charge is 0.306 e. The van der Waals surface area contributed by atoms with Gasteiger partial charge in [0, 0.05) is 30.7 Å². The fourth-order valence-electron chi connectivity index (χ4n) is 3.00. The molecule has 1 saturated heterocycles. The van der Waals surface area contributed by atoms with Gasteiger partial charge in [-0.15, -0.1) is 0 Å². The van der Waals surface area contributed by atoms with Crippen LogP contribution in [0, 0.1) is 5.41 Å². The Labute approximate surface area is 141 Å². The minimum Gasteiger partial charge on any atom is -0.469 e. The van der Waals surface area contributed by atoms with Gasteiger partial charge in [-0.3, -0.25) is 9.69 Å². The molecule has 1 N–H and O–H groups in total. The number of rotatable bonds is 7. The van der Waals surface area contributed by atoms with Crippen LogP contribution in [0.15, 0.2) is 28.7 Å². The third kappa shape index (κ3) is 5.38. The standard InChI is InChI=1S/C17H25BrN2O2/c1-17(7-8-19-12-17)13-20(9-6-16(21)22-2)11-14-4-3-5-15(18)10-14/h3-5,10,19H,6-9,11-13H2,1-2H3. The number of hydrogen-bond donors (Lipinski definition) is 1. The van der Waals surface area contributed by atoms with Gasteiger partial charge in [-0.05, 0) is 36.1 Å². The van der Waals surface area contributed by atoms with Gasteiger partial charge in [0.25, 0.3) is 0 Å². The highest BCUT2D eigenvalue weighted by Gasteiger charge is 2.30. The Morgan fingerprint density at radius 1 is 1.50 bits per heavy atom. The van der Waals surface area contributed by atoms with Crippen molar-refractivity contribution in [2.24, 2.45) is 5.41 Å². The Morgan fingerprint density at radius 3 is 2.95 bits per heavy atom. The number of carbonyl (C=O) groups excluding carboxylic acids is 1. The lowest BCUT2D eigenvalue weighted by Crippen LogP contribution is -2.38. The molecule has 0 amide bonds. The van der Waals surface area contributed by atoms with E-state index in [1.165, 1.54) is 19.1 Å². The maximum Gasteiger partial charge on any atom is 0.306 e. The molecule has 0 aromatic heterocycles. The summed E-state index contributed by atoms with van der Waals surface area (Å²) < 4.78 is 5.87. The van der Waals surface area contributed by atoms with Gasteiger partial charge >= 0.3 is 5.97 Å². The van der Waals surface area contributed by atoms with Crippen molar-refractivity contribution in [3.8, 4) is 0 Å². The van der Waals surface area contributed by atoms with Crippen molar-refractivity contribution in [3.05, 3.63) is 34.3 Å². The van der Waals surface area contributed by atoms with E-state index in [0.29, 0.717) is 6.42 Å². The maximum atomic E-state index is 11.5. The van der Waals surface area contributed by atoms with Crippen LogP contribution in [0.4, 0.5) is 0 Å². The molecule has 1 atom stereocenters. The number of carbonyl (C=O) groups is 1. The van der Waals surface area contributed by atoms with E-state index in [1.54, 1.807) is 0 Å². The fraction of sp³-hybridized carbons (Fsp3) is 0.588. The minimum atomic E-state index is -0.144. The molecular weight excluding hydrogens is 344 g/mol. The highest BCUT2D eigenvalue weighted by Crippen LogP contribution is 2.26. The van der Waals surface area contributed by atoms with Crippen molar-refractivity contribution in [2.75, 3.05) is 33.3 Å². The van der Waals surface area contributed by atoms with Gasteiger partial charge < -0.3 is 10.1 Å². The van der Waals surface area contributed by atoms with Gasteiger partial charge in [-0.2, -0.15) is 0 Å². The van der Waals surface area contributed by atoms with Gasteiger partial charge in [0.2, 0.25) is 0 Å². The van der Waals surface area contributed by atoms with Crippen molar-refractivity contribution in [3.63, 3.8) is 0 Å². The van der Waals surface area contributed by atoms with Crippen molar-refractivity contribution in [1.29, 1.82) is 0 Å². The maximum absolute atomic E-state index is 11.5. The second-order valence-corrected chi connectivity index (χ2v) is 7.32. The molecule has 5 heteroatoms. The van der Waals surface area contributed by atoms with Gasteiger partial charge in [-0.1, -0.05) is 35.0 Å². The van der Waals surface area contributed by atoms with E-state index in [0.717, 1.165) is 37.2 Å². The van der Waals surface area contributed by atoms with Gasteiger partial charge in [-0.25, -0.2) is 0 Å². The Hall–Kier alpha value is -0.910. The SMILES string of the molecule is COC(=O)CCN(Cc1cccc(Br)c1)CC1(C)CCNC1. The molecule has 0 spiro atoms. The Balaban J connectivity index is 2.01. The van der Waals surface area contributed by atoms with E-state index in [4.69, 9.17) is 4.74 Å². The van der Waals surface area contributed by atoms with Gasteiger partial charge in [0.15, 0.2) is 0 Å². The Morgan fingerprint density at radius 2 is 2.32 bits per heavy atom. The van der Waals surface area contributed by atoms with E-state index in [1.807, 2.05) is 6.07 Å². The van der Waals surface area contributed by atoms with Crippen LogP contribution in [0.2, 0.25) is 0 Å². The summed E-state index contributed by atoms with van der Waals surface area (Å²) in [5.74, 6) is -0.144. The summed E-state index contributed by atoms with van der Waals surface area (Å²) in [6.07, 6.45) is 1.62. The number of benzene rings is 1. The first kappa shape index (κ1) is 17.4. The van der Waals surface area contributed by atoms with E-state index in [-0.39, 0.29) is 11.4 Å².